The van der Waals surface area contributed by atoms with Crippen molar-refractivity contribution in [3.63, 3.8) is 0 Å². The van der Waals surface area contributed by atoms with Gasteiger partial charge in [-0.25, -0.2) is 0 Å². The zero-order valence-corrected chi connectivity index (χ0v) is 10.3. The van der Waals surface area contributed by atoms with E-state index in [-0.39, 0.29) is 18.0 Å². The predicted molar refractivity (Wildman–Crippen MR) is 58.4 cm³/mol. The summed E-state index contributed by atoms with van der Waals surface area (Å²) >= 11 is -1.01. The number of nitrogens with zero attached hydrogens (tertiary/aromatic N) is 1. The zero-order valence-electron chi connectivity index (χ0n) is 9.44. The quantitative estimate of drug-likeness (QED) is 0.391. The highest BCUT2D eigenvalue weighted by atomic mass is 32.2. The summed E-state index contributed by atoms with van der Waals surface area (Å²) in [6.45, 7) is 2.40. The van der Waals surface area contributed by atoms with Crippen LogP contribution < -0.4 is 0 Å². The first-order valence-corrected chi connectivity index (χ1v) is 6.93. The van der Waals surface area contributed by atoms with Crippen LogP contribution in [-0.2, 0) is 25.5 Å². The molecule has 2 aliphatic rings. The van der Waals surface area contributed by atoms with Gasteiger partial charge < -0.3 is 18.9 Å². The van der Waals surface area contributed by atoms with Crippen molar-refractivity contribution in [2.45, 2.75) is 36.9 Å². The van der Waals surface area contributed by atoms with Crippen molar-refractivity contribution >= 4 is 11.2 Å². The van der Waals surface area contributed by atoms with Gasteiger partial charge in [0.05, 0.1) is 13.2 Å². The van der Waals surface area contributed by atoms with Crippen molar-refractivity contribution in [1.29, 1.82) is 0 Å². The molecular weight excluding hydrogens is 250 g/mol. The van der Waals surface area contributed by atoms with Crippen LogP contribution in [0.25, 0.3) is 0 Å². The fourth-order valence-electron chi connectivity index (χ4n) is 2.21. The van der Waals surface area contributed by atoms with E-state index in [2.05, 4.69) is 4.84 Å². The molecule has 2 fully saturated rings. The molecule has 8 heteroatoms. The largest absolute Gasteiger partial charge is 0.616 e. The lowest BCUT2D eigenvalue weighted by atomic mass is 10.1. The molecule has 5 atom stereocenters. The van der Waals surface area contributed by atoms with Crippen molar-refractivity contribution in [2.75, 3.05) is 19.0 Å². The van der Waals surface area contributed by atoms with Gasteiger partial charge in [0.1, 0.15) is 18.0 Å². The Kier molecular flexibility index (Phi) is 4.08. The summed E-state index contributed by atoms with van der Waals surface area (Å²) in [5.74, 6) is 0.599. The van der Waals surface area contributed by atoms with Crippen LogP contribution in [0.15, 0.2) is 0 Å². The minimum absolute atomic E-state index is 0.121. The molecular formula is C9H15NO6S. The molecule has 17 heavy (non-hydrogen) atoms. The van der Waals surface area contributed by atoms with E-state index in [1.165, 1.54) is 0 Å². The first-order chi connectivity index (χ1) is 8.13. The van der Waals surface area contributed by atoms with Gasteiger partial charge in [0.25, 0.3) is 5.09 Å². The van der Waals surface area contributed by atoms with Gasteiger partial charge in [0.2, 0.25) is 0 Å². The number of fused-ring (bicyclic) bond motifs is 1. The van der Waals surface area contributed by atoms with Crippen LogP contribution in [-0.4, -0.2) is 52.2 Å². The van der Waals surface area contributed by atoms with Crippen molar-refractivity contribution in [3.8, 4) is 0 Å². The summed E-state index contributed by atoms with van der Waals surface area (Å²) < 4.78 is 22.7. The van der Waals surface area contributed by atoms with Crippen LogP contribution in [0.5, 0.6) is 0 Å². The van der Waals surface area contributed by atoms with E-state index in [4.69, 9.17) is 9.47 Å². The van der Waals surface area contributed by atoms with Crippen LogP contribution in [0.1, 0.15) is 13.3 Å². The first kappa shape index (κ1) is 12.9. The Balaban J connectivity index is 1.94. The maximum Gasteiger partial charge on any atom is 0.294 e. The van der Waals surface area contributed by atoms with Crippen LogP contribution in [0.3, 0.4) is 0 Å². The Morgan fingerprint density at radius 2 is 2.12 bits per heavy atom. The third-order valence-electron chi connectivity index (χ3n) is 2.93. The number of hydrogen-bond acceptors (Lipinski definition) is 6. The van der Waals surface area contributed by atoms with Gasteiger partial charge >= 0.3 is 0 Å². The van der Waals surface area contributed by atoms with Gasteiger partial charge in [-0.15, -0.1) is 10.1 Å². The Hall–Kier alpha value is -0.570. The van der Waals surface area contributed by atoms with E-state index in [0.29, 0.717) is 12.4 Å². The summed E-state index contributed by atoms with van der Waals surface area (Å²) in [6, 6.07) is 0. The molecule has 0 amide bonds. The van der Waals surface area contributed by atoms with Gasteiger partial charge in [0.15, 0.2) is 11.4 Å². The summed E-state index contributed by atoms with van der Waals surface area (Å²) in [5.41, 5.74) is 0. The fourth-order valence-corrected chi connectivity index (χ4v) is 3.68. The molecule has 0 N–H and O–H groups in total. The van der Waals surface area contributed by atoms with Crippen LogP contribution in [0, 0.1) is 10.1 Å². The Morgan fingerprint density at radius 1 is 1.41 bits per heavy atom. The summed E-state index contributed by atoms with van der Waals surface area (Å²) in [7, 11) is 0. The van der Waals surface area contributed by atoms with Crippen molar-refractivity contribution < 1.29 is 24.0 Å². The molecule has 0 bridgehead atoms. The highest BCUT2D eigenvalue weighted by molar-refractivity contribution is 7.92. The van der Waals surface area contributed by atoms with E-state index in [1.807, 2.05) is 6.92 Å². The predicted octanol–water partition coefficient (Wildman–Crippen LogP) is -0.112. The van der Waals surface area contributed by atoms with E-state index in [1.54, 1.807) is 0 Å². The number of ether oxygens (including phenoxy) is 2. The molecule has 98 valence electrons. The number of rotatable bonds is 5. The normalized spacial score (nSPS) is 37.8. The second-order valence-electron chi connectivity index (χ2n) is 4.09. The minimum Gasteiger partial charge on any atom is -0.616 e. The van der Waals surface area contributed by atoms with E-state index < -0.39 is 28.5 Å². The van der Waals surface area contributed by atoms with Gasteiger partial charge in [-0.1, -0.05) is 6.92 Å². The third kappa shape index (κ3) is 2.65. The molecule has 0 spiro atoms. The lowest BCUT2D eigenvalue weighted by Crippen LogP contribution is -2.38. The average molecular weight is 265 g/mol. The summed E-state index contributed by atoms with van der Waals surface area (Å²) in [5, 5.41) is 9.24. The SMILES string of the molecule is CCC[S@+]([O-])C1COC2C(O[N+](=O)[O-])COC21. The van der Waals surface area contributed by atoms with E-state index in [0.717, 1.165) is 6.42 Å². The van der Waals surface area contributed by atoms with Crippen molar-refractivity contribution in [3.05, 3.63) is 10.1 Å². The minimum atomic E-state index is -1.01. The molecule has 0 aromatic heterocycles. The Morgan fingerprint density at radius 3 is 2.76 bits per heavy atom. The van der Waals surface area contributed by atoms with Gasteiger partial charge in [-0.05, 0) is 17.6 Å². The average Bonchev–Trinajstić information content (AvgIpc) is 2.80. The molecule has 0 saturated carbocycles. The monoisotopic (exact) mass is 265 g/mol. The second-order valence-corrected chi connectivity index (χ2v) is 5.86. The zero-order chi connectivity index (χ0) is 12.4. The van der Waals surface area contributed by atoms with Crippen molar-refractivity contribution in [2.24, 2.45) is 0 Å². The van der Waals surface area contributed by atoms with Crippen LogP contribution >= 0.6 is 0 Å². The molecule has 0 aliphatic carbocycles. The molecule has 0 aromatic rings. The third-order valence-corrected chi connectivity index (χ3v) is 4.82. The van der Waals surface area contributed by atoms with E-state index >= 15 is 0 Å². The maximum atomic E-state index is 11.9. The first-order valence-electron chi connectivity index (χ1n) is 5.55. The number of hydrogen-bond donors (Lipinski definition) is 0. The molecule has 2 rings (SSSR count). The van der Waals surface area contributed by atoms with Gasteiger partial charge in [-0.2, -0.15) is 0 Å². The Labute approximate surface area is 102 Å². The Bertz CT molecular complexity index is 291. The standard InChI is InChI=1S/C9H15NO6S/c1-2-3-17(13)7-5-15-8-6(16-10(11)12)4-14-9(7)8/h6-9H,2-5H2,1H3/t6?,7?,8?,9?,17-/m0/s1. The van der Waals surface area contributed by atoms with Gasteiger partial charge in [-0.3, -0.25) is 0 Å². The molecule has 4 unspecified atom stereocenters. The molecule has 7 nitrogen and oxygen atoms in total. The summed E-state index contributed by atoms with van der Waals surface area (Å²) in [6.07, 6.45) is -0.674. The second kappa shape index (κ2) is 5.38. The highest BCUT2D eigenvalue weighted by Crippen LogP contribution is 2.32. The maximum absolute atomic E-state index is 11.9. The lowest BCUT2D eigenvalue weighted by molar-refractivity contribution is -0.769. The molecule has 0 radical (unpaired) electrons. The van der Waals surface area contributed by atoms with Crippen molar-refractivity contribution in [1.82, 2.24) is 0 Å². The molecule has 2 heterocycles. The van der Waals surface area contributed by atoms with Crippen LogP contribution in [0.4, 0.5) is 0 Å². The molecule has 2 saturated heterocycles. The summed E-state index contributed by atoms with van der Waals surface area (Å²) in [4.78, 5) is 14.8. The van der Waals surface area contributed by atoms with Crippen LogP contribution in [0.2, 0.25) is 0 Å². The molecule has 2 aliphatic heterocycles. The van der Waals surface area contributed by atoms with Gasteiger partial charge in [0, 0.05) is 0 Å². The smallest absolute Gasteiger partial charge is 0.294 e. The fraction of sp³-hybridized carbons (Fsp3) is 1.00. The van der Waals surface area contributed by atoms with E-state index in [9.17, 15) is 14.7 Å². The topological polar surface area (TPSA) is 93.9 Å². The highest BCUT2D eigenvalue weighted by Gasteiger charge is 2.53. The molecule has 0 aromatic carbocycles. The lowest BCUT2D eigenvalue weighted by Gasteiger charge is -2.20.